The number of anilines is 1. The number of thiophene rings is 2. The lowest BCUT2D eigenvalue weighted by Gasteiger charge is -2.13. The summed E-state index contributed by atoms with van der Waals surface area (Å²) in [6, 6.07) is 6.17. The van der Waals surface area contributed by atoms with Gasteiger partial charge < -0.3 is 5.32 Å². The quantitative estimate of drug-likeness (QED) is 0.600. The number of nitrogens with one attached hydrogen (secondary N) is 1. The van der Waals surface area contributed by atoms with Crippen molar-refractivity contribution < 1.29 is 0 Å². The first kappa shape index (κ1) is 15.0. The van der Waals surface area contributed by atoms with Crippen molar-refractivity contribution in [1.29, 1.82) is 0 Å². The van der Waals surface area contributed by atoms with Crippen molar-refractivity contribution in [2.24, 2.45) is 0 Å². The summed E-state index contributed by atoms with van der Waals surface area (Å²) in [5.74, 6) is 0.776. The van der Waals surface area contributed by atoms with Crippen LogP contribution in [0.25, 0.3) is 10.2 Å². The first-order valence-corrected chi connectivity index (χ1v) is 8.93. The Hall–Kier alpha value is -0.880. The molecule has 1 atom stereocenters. The fraction of sp³-hybridized carbons (Fsp3) is 0.286. The van der Waals surface area contributed by atoms with Crippen LogP contribution in [-0.4, -0.2) is 9.97 Å². The van der Waals surface area contributed by atoms with Gasteiger partial charge in [0.2, 0.25) is 5.28 Å². The topological polar surface area (TPSA) is 37.8 Å². The second-order valence-corrected chi connectivity index (χ2v) is 7.83. The number of rotatable bonds is 4. The van der Waals surface area contributed by atoms with Gasteiger partial charge in [-0.25, -0.2) is 9.97 Å². The Labute approximate surface area is 141 Å². The van der Waals surface area contributed by atoms with Gasteiger partial charge in [-0.3, -0.25) is 0 Å². The molecule has 1 unspecified atom stereocenters. The fourth-order valence-electron chi connectivity index (χ4n) is 2.07. The third-order valence-corrected chi connectivity index (χ3v) is 5.90. The van der Waals surface area contributed by atoms with E-state index in [2.05, 4.69) is 35.2 Å². The van der Waals surface area contributed by atoms with E-state index in [9.17, 15) is 0 Å². The largest absolute Gasteiger partial charge is 0.362 e. The molecule has 0 fully saturated rings. The maximum absolute atomic E-state index is 6.04. The van der Waals surface area contributed by atoms with Crippen LogP contribution in [0.4, 0.5) is 5.82 Å². The predicted octanol–water partition coefficient (Wildman–Crippen LogP) is 5.80. The molecule has 0 aliphatic carbocycles. The highest BCUT2D eigenvalue weighted by Crippen LogP contribution is 2.34. The molecule has 110 valence electrons. The first-order chi connectivity index (χ1) is 10.1. The number of hydrogen-bond acceptors (Lipinski definition) is 5. The number of aromatic nitrogens is 2. The number of aryl methyl sites for hydroxylation is 1. The second kappa shape index (κ2) is 6.08. The average molecular weight is 358 g/mol. The molecule has 3 nitrogen and oxygen atoms in total. The highest BCUT2D eigenvalue weighted by molar-refractivity contribution is 7.18. The monoisotopic (exact) mass is 357 g/mol. The molecule has 3 aromatic rings. The van der Waals surface area contributed by atoms with Gasteiger partial charge in [0.05, 0.1) is 15.8 Å². The van der Waals surface area contributed by atoms with Crippen molar-refractivity contribution in [1.82, 2.24) is 9.97 Å². The molecule has 0 aliphatic heterocycles. The Morgan fingerprint density at radius 3 is 2.71 bits per heavy atom. The van der Waals surface area contributed by atoms with E-state index in [0.717, 1.165) is 31.7 Å². The molecule has 21 heavy (non-hydrogen) atoms. The van der Waals surface area contributed by atoms with Crippen LogP contribution in [0.1, 0.15) is 29.6 Å². The fourth-order valence-corrected chi connectivity index (χ4v) is 4.32. The lowest BCUT2D eigenvalue weighted by molar-refractivity contribution is 0.898. The molecule has 0 spiro atoms. The van der Waals surface area contributed by atoms with Gasteiger partial charge >= 0.3 is 0 Å². The first-order valence-electron chi connectivity index (χ1n) is 6.54. The summed E-state index contributed by atoms with van der Waals surface area (Å²) in [4.78, 5) is 12.0. The Bertz CT molecular complexity index is 782. The maximum atomic E-state index is 6.04. The van der Waals surface area contributed by atoms with Gasteiger partial charge in [0.1, 0.15) is 10.6 Å². The minimum absolute atomic E-state index is 0.113. The number of hydrogen-bond donors (Lipinski definition) is 1. The van der Waals surface area contributed by atoms with Crippen molar-refractivity contribution in [3.8, 4) is 0 Å². The summed E-state index contributed by atoms with van der Waals surface area (Å²) in [5, 5.41) is 4.71. The Kier molecular flexibility index (Phi) is 4.36. The van der Waals surface area contributed by atoms with E-state index in [1.54, 1.807) is 22.7 Å². The van der Waals surface area contributed by atoms with E-state index in [4.69, 9.17) is 23.2 Å². The smallest absolute Gasteiger partial charge is 0.225 e. The maximum Gasteiger partial charge on any atom is 0.225 e. The van der Waals surface area contributed by atoms with Crippen molar-refractivity contribution in [3.63, 3.8) is 0 Å². The van der Waals surface area contributed by atoms with Crippen LogP contribution in [0.5, 0.6) is 0 Å². The van der Waals surface area contributed by atoms with Gasteiger partial charge in [-0.1, -0.05) is 18.5 Å². The molecule has 3 aromatic heterocycles. The van der Waals surface area contributed by atoms with Gasteiger partial charge in [0.25, 0.3) is 0 Å². The molecular weight excluding hydrogens is 345 g/mol. The summed E-state index contributed by atoms with van der Waals surface area (Å²) in [5.41, 5.74) is 0. The van der Waals surface area contributed by atoms with E-state index in [0.29, 0.717) is 0 Å². The molecule has 0 aromatic carbocycles. The van der Waals surface area contributed by atoms with Crippen molar-refractivity contribution >= 4 is 61.9 Å². The van der Waals surface area contributed by atoms with Crippen molar-refractivity contribution in [3.05, 3.63) is 37.6 Å². The summed E-state index contributed by atoms with van der Waals surface area (Å²) >= 11 is 15.3. The van der Waals surface area contributed by atoms with E-state index in [-0.39, 0.29) is 11.3 Å². The summed E-state index contributed by atoms with van der Waals surface area (Å²) < 4.78 is 0.785. The third kappa shape index (κ3) is 3.16. The third-order valence-electron chi connectivity index (χ3n) is 3.14. The molecule has 0 saturated carbocycles. The molecule has 0 bridgehead atoms. The van der Waals surface area contributed by atoms with Gasteiger partial charge in [0, 0.05) is 9.75 Å². The van der Waals surface area contributed by atoms with Crippen LogP contribution in [0.3, 0.4) is 0 Å². The highest BCUT2D eigenvalue weighted by atomic mass is 35.5. The normalized spacial score (nSPS) is 12.8. The minimum atomic E-state index is 0.113. The van der Waals surface area contributed by atoms with Crippen LogP contribution >= 0.6 is 45.9 Å². The van der Waals surface area contributed by atoms with E-state index in [1.165, 1.54) is 4.88 Å². The zero-order valence-corrected chi connectivity index (χ0v) is 14.6. The Balaban J connectivity index is 1.97. The summed E-state index contributed by atoms with van der Waals surface area (Å²) in [7, 11) is 0. The van der Waals surface area contributed by atoms with Gasteiger partial charge in [0.15, 0.2) is 0 Å². The zero-order valence-electron chi connectivity index (χ0n) is 11.5. The van der Waals surface area contributed by atoms with E-state index in [1.807, 2.05) is 12.1 Å². The average Bonchev–Trinajstić information content (AvgIpc) is 3.04. The van der Waals surface area contributed by atoms with Crippen LogP contribution < -0.4 is 5.32 Å². The molecule has 3 heterocycles. The number of nitrogens with zero attached hydrogens (tertiary/aromatic N) is 2. The molecule has 0 radical (unpaired) electrons. The molecule has 0 saturated heterocycles. The Morgan fingerprint density at radius 1 is 1.24 bits per heavy atom. The number of fused-ring (bicyclic) bond motifs is 1. The lowest BCUT2D eigenvalue weighted by Crippen LogP contribution is -2.07. The zero-order chi connectivity index (χ0) is 15.0. The predicted molar refractivity (Wildman–Crippen MR) is 93.2 cm³/mol. The molecule has 3 rings (SSSR count). The van der Waals surface area contributed by atoms with Gasteiger partial charge in [-0.15, -0.1) is 22.7 Å². The van der Waals surface area contributed by atoms with Crippen molar-refractivity contribution in [2.45, 2.75) is 26.3 Å². The van der Waals surface area contributed by atoms with Crippen LogP contribution in [0, 0.1) is 0 Å². The molecular formula is C14H13Cl2N3S2. The Morgan fingerprint density at radius 2 is 2.05 bits per heavy atom. The standard InChI is InChI=1S/C14H13Cl2N3S2/c1-3-8-6-9-12(18-14(16)19-13(9)20-8)17-7(2)10-4-5-11(15)21-10/h4-7H,3H2,1-2H3,(H,17,18,19). The lowest BCUT2D eigenvalue weighted by atomic mass is 10.2. The number of halogens is 2. The highest BCUT2D eigenvalue weighted by Gasteiger charge is 2.14. The van der Waals surface area contributed by atoms with Gasteiger partial charge in [-0.2, -0.15) is 0 Å². The summed E-state index contributed by atoms with van der Waals surface area (Å²) in [6.07, 6.45) is 0.980. The van der Waals surface area contributed by atoms with Crippen LogP contribution in [0.15, 0.2) is 18.2 Å². The van der Waals surface area contributed by atoms with Crippen LogP contribution in [0.2, 0.25) is 9.62 Å². The summed E-state index contributed by atoms with van der Waals surface area (Å²) in [6.45, 7) is 4.21. The molecule has 0 aliphatic rings. The van der Waals surface area contributed by atoms with Crippen LogP contribution in [-0.2, 0) is 6.42 Å². The molecule has 7 heteroatoms. The van der Waals surface area contributed by atoms with E-state index < -0.39 is 0 Å². The SMILES string of the molecule is CCc1cc2c(NC(C)c3ccc(Cl)s3)nc(Cl)nc2s1. The molecule has 1 N–H and O–H groups in total. The van der Waals surface area contributed by atoms with Gasteiger partial charge in [-0.05, 0) is 43.1 Å². The molecule has 0 amide bonds. The minimum Gasteiger partial charge on any atom is -0.362 e. The van der Waals surface area contributed by atoms with E-state index >= 15 is 0 Å². The second-order valence-electron chi connectivity index (χ2n) is 4.63. The van der Waals surface area contributed by atoms with Crippen molar-refractivity contribution in [2.75, 3.05) is 5.32 Å².